The van der Waals surface area contributed by atoms with Crippen molar-refractivity contribution < 1.29 is 29.3 Å². The normalized spacial score (nSPS) is 28.2. The summed E-state index contributed by atoms with van der Waals surface area (Å²) < 4.78 is 10.1. The molecule has 0 spiro atoms. The molecule has 1 unspecified atom stereocenters. The van der Waals surface area contributed by atoms with Crippen molar-refractivity contribution in [3.05, 3.63) is 0 Å². The van der Waals surface area contributed by atoms with Crippen LogP contribution in [0.25, 0.3) is 0 Å². The van der Waals surface area contributed by atoms with Crippen molar-refractivity contribution in [2.24, 2.45) is 0 Å². The fraction of sp³-hybridized carbons (Fsp3) is 0.833. The Morgan fingerprint density at radius 3 is 2.26 bits per heavy atom. The Morgan fingerprint density at radius 2 is 1.89 bits per heavy atom. The number of carbonyl (C=O) groups is 2. The molecule has 7 nitrogen and oxygen atoms in total. The molecule has 1 aliphatic carbocycles. The van der Waals surface area contributed by atoms with E-state index in [0.29, 0.717) is 0 Å². The number of amides is 1. The fourth-order valence-corrected chi connectivity index (χ4v) is 2.06. The van der Waals surface area contributed by atoms with Crippen LogP contribution in [-0.2, 0) is 14.3 Å². The van der Waals surface area contributed by atoms with Crippen LogP contribution in [0.1, 0.15) is 33.6 Å². The number of carboxylic acids is 1. The zero-order chi connectivity index (χ0) is 14.8. The molecule has 1 saturated carbocycles. The van der Waals surface area contributed by atoms with Crippen molar-refractivity contribution >= 4 is 12.1 Å². The van der Waals surface area contributed by atoms with Crippen molar-refractivity contribution in [1.29, 1.82) is 0 Å². The molecule has 3 N–H and O–H groups in total. The molecule has 1 atom stereocenters. The second-order valence-corrected chi connectivity index (χ2v) is 5.79. The number of carbonyl (C=O) groups excluding carboxylic acids is 1. The summed E-state index contributed by atoms with van der Waals surface area (Å²) in [6, 6.07) is 0. The second-order valence-electron chi connectivity index (χ2n) is 5.79. The van der Waals surface area contributed by atoms with E-state index in [1.807, 2.05) is 0 Å². The minimum Gasteiger partial charge on any atom is -0.479 e. The van der Waals surface area contributed by atoms with E-state index in [-0.39, 0.29) is 18.9 Å². The zero-order valence-corrected chi connectivity index (χ0v) is 11.6. The van der Waals surface area contributed by atoms with Crippen LogP contribution in [0.2, 0.25) is 0 Å². The minimum atomic E-state index is -1.69. The molecule has 0 bridgehead atoms. The predicted molar refractivity (Wildman–Crippen MR) is 65.8 cm³/mol. The quantitative estimate of drug-likeness (QED) is 0.690. The number of aliphatic hydroxyl groups is 1. The summed E-state index contributed by atoms with van der Waals surface area (Å²) in [6.45, 7) is 5.10. The highest BCUT2D eigenvalue weighted by atomic mass is 16.6. The predicted octanol–water partition coefficient (Wildman–Crippen LogP) is 0.504. The van der Waals surface area contributed by atoms with Crippen LogP contribution < -0.4 is 5.32 Å². The Hall–Kier alpha value is -1.34. The van der Waals surface area contributed by atoms with Gasteiger partial charge in [0.25, 0.3) is 0 Å². The third-order valence-electron chi connectivity index (χ3n) is 3.02. The summed E-state index contributed by atoms with van der Waals surface area (Å²) in [7, 11) is 1.50. The molecule has 1 amide bonds. The minimum absolute atomic E-state index is 0.177. The highest BCUT2D eigenvalue weighted by Crippen LogP contribution is 2.37. The Kier molecular flexibility index (Phi) is 4.42. The average Bonchev–Trinajstić information content (AvgIpc) is 2.18. The summed E-state index contributed by atoms with van der Waals surface area (Å²) >= 11 is 0. The molecule has 7 heteroatoms. The number of aliphatic hydroxyl groups excluding tert-OH is 1. The van der Waals surface area contributed by atoms with E-state index in [0.717, 1.165) is 0 Å². The molecule has 1 aliphatic rings. The number of ether oxygens (including phenoxy) is 2. The lowest BCUT2D eigenvalue weighted by molar-refractivity contribution is -0.160. The molecule has 110 valence electrons. The fourth-order valence-electron chi connectivity index (χ4n) is 2.06. The molecule has 19 heavy (non-hydrogen) atoms. The largest absolute Gasteiger partial charge is 0.479 e. The van der Waals surface area contributed by atoms with E-state index in [4.69, 9.17) is 14.6 Å². The molecular weight excluding hydrogens is 254 g/mol. The molecule has 0 aromatic rings. The van der Waals surface area contributed by atoms with Gasteiger partial charge in [-0.05, 0) is 20.8 Å². The maximum absolute atomic E-state index is 11.7. The van der Waals surface area contributed by atoms with Gasteiger partial charge in [0.05, 0.1) is 11.6 Å². The van der Waals surface area contributed by atoms with Crippen molar-refractivity contribution in [3.8, 4) is 0 Å². The summed E-state index contributed by atoms with van der Waals surface area (Å²) in [5.74, 6) is -1.38. The van der Waals surface area contributed by atoms with Crippen LogP contribution in [0.15, 0.2) is 0 Å². The molecule has 1 fully saturated rings. The summed E-state index contributed by atoms with van der Waals surface area (Å²) in [6.07, 6.45) is -2.15. The number of rotatable bonds is 4. The molecule has 0 radical (unpaired) electrons. The van der Waals surface area contributed by atoms with Crippen LogP contribution in [0.4, 0.5) is 4.79 Å². The molecule has 0 heterocycles. The number of hydrogen-bond acceptors (Lipinski definition) is 5. The summed E-state index contributed by atoms with van der Waals surface area (Å²) in [4.78, 5) is 22.6. The highest BCUT2D eigenvalue weighted by Gasteiger charge is 2.54. The van der Waals surface area contributed by atoms with Gasteiger partial charge in [0.1, 0.15) is 5.60 Å². The lowest BCUT2D eigenvalue weighted by atomic mass is 9.70. The third kappa shape index (κ3) is 3.81. The van der Waals surface area contributed by atoms with Gasteiger partial charge in [-0.25, -0.2) is 9.59 Å². The van der Waals surface area contributed by atoms with Crippen molar-refractivity contribution in [2.75, 3.05) is 7.11 Å². The standard InChI is InChI=1S/C12H21NO6/c1-11(2,3)19-10(17)13-12(8(14)9(15)16)5-7(6-12)18-4/h7-8,14H,5-6H2,1-4H3,(H,13,17)(H,15,16). The van der Waals surface area contributed by atoms with Crippen LogP contribution in [0, 0.1) is 0 Å². The molecule has 0 aliphatic heterocycles. The summed E-state index contributed by atoms with van der Waals surface area (Å²) in [5, 5.41) is 21.1. The Bertz CT molecular complexity index is 356. The Labute approximate surface area is 111 Å². The summed E-state index contributed by atoms with van der Waals surface area (Å²) in [5.41, 5.74) is -1.92. The monoisotopic (exact) mass is 275 g/mol. The number of hydrogen-bond donors (Lipinski definition) is 3. The van der Waals surface area contributed by atoms with Crippen LogP contribution in [0.5, 0.6) is 0 Å². The van der Waals surface area contributed by atoms with Gasteiger partial charge >= 0.3 is 12.1 Å². The number of methoxy groups -OCH3 is 1. The van der Waals surface area contributed by atoms with Gasteiger partial charge < -0.3 is 25.0 Å². The lowest BCUT2D eigenvalue weighted by Gasteiger charge is -2.48. The van der Waals surface area contributed by atoms with Crippen molar-refractivity contribution in [2.45, 2.75) is 57.0 Å². The van der Waals surface area contributed by atoms with E-state index in [9.17, 15) is 14.7 Å². The van der Waals surface area contributed by atoms with Gasteiger partial charge in [-0.1, -0.05) is 0 Å². The van der Waals surface area contributed by atoms with E-state index in [1.165, 1.54) is 7.11 Å². The molecule has 1 rings (SSSR count). The topological polar surface area (TPSA) is 105 Å². The molecule has 0 aromatic heterocycles. The zero-order valence-electron chi connectivity index (χ0n) is 11.6. The Balaban J connectivity index is 2.72. The number of carboxylic acid groups (broad SMARTS) is 1. The van der Waals surface area contributed by atoms with Gasteiger partial charge in [-0.15, -0.1) is 0 Å². The van der Waals surface area contributed by atoms with E-state index in [1.54, 1.807) is 20.8 Å². The van der Waals surface area contributed by atoms with E-state index < -0.39 is 29.3 Å². The van der Waals surface area contributed by atoms with Crippen LogP contribution in [0.3, 0.4) is 0 Å². The highest BCUT2D eigenvalue weighted by molar-refractivity contribution is 5.77. The van der Waals surface area contributed by atoms with Crippen LogP contribution >= 0.6 is 0 Å². The van der Waals surface area contributed by atoms with Gasteiger partial charge in [-0.3, -0.25) is 0 Å². The first kappa shape index (κ1) is 15.7. The average molecular weight is 275 g/mol. The first-order chi connectivity index (χ1) is 8.59. The van der Waals surface area contributed by atoms with Crippen molar-refractivity contribution in [1.82, 2.24) is 5.32 Å². The van der Waals surface area contributed by atoms with Crippen LogP contribution in [-0.4, -0.2) is 52.7 Å². The third-order valence-corrected chi connectivity index (χ3v) is 3.02. The maximum Gasteiger partial charge on any atom is 0.408 e. The molecule has 0 aromatic carbocycles. The smallest absolute Gasteiger partial charge is 0.408 e. The number of alkyl carbamates (subject to hydrolysis) is 1. The van der Waals surface area contributed by atoms with Gasteiger partial charge in [0.15, 0.2) is 6.10 Å². The first-order valence-corrected chi connectivity index (χ1v) is 6.04. The van der Waals surface area contributed by atoms with Gasteiger partial charge in [-0.2, -0.15) is 0 Å². The van der Waals surface area contributed by atoms with E-state index >= 15 is 0 Å². The molecule has 0 saturated heterocycles. The second kappa shape index (κ2) is 5.34. The lowest BCUT2D eigenvalue weighted by Crippen LogP contribution is -2.68. The molecular formula is C12H21NO6. The number of nitrogens with one attached hydrogen (secondary N) is 1. The maximum atomic E-state index is 11.7. The Morgan fingerprint density at radius 1 is 1.37 bits per heavy atom. The number of aliphatic carboxylic acids is 1. The first-order valence-electron chi connectivity index (χ1n) is 6.04. The van der Waals surface area contributed by atoms with E-state index in [2.05, 4.69) is 5.32 Å². The van der Waals surface area contributed by atoms with Gasteiger partial charge in [0.2, 0.25) is 0 Å². The van der Waals surface area contributed by atoms with Gasteiger partial charge in [0, 0.05) is 20.0 Å². The van der Waals surface area contributed by atoms with Crippen molar-refractivity contribution in [3.63, 3.8) is 0 Å². The SMILES string of the molecule is COC1CC(NC(=O)OC(C)(C)C)(C(O)C(=O)O)C1.